The minimum Gasteiger partial charge on any atom is -0.855 e. The van der Waals surface area contributed by atoms with Gasteiger partial charge in [0, 0.05) is 0 Å². The summed E-state index contributed by atoms with van der Waals surface area (Å²) < 4.78 is 0. The van der Waals surface area contributed by atoms with Gasteiger partial charge in [0.15, 0.2) is 0 Å². The molecule has 0 amide bonds. The molecule has 0 N–H and O–H groups in total. The molecule has 0 bridgehead atoms. The van der Waals surface area contributed by atoms with Gasteiger partial charge in [-0.25, -0.2) is 0 Å². The quantitative estimate of drug-likeness (QED) is 0.524. The molecule has 0 aromatic rings. The molecule has 0 saturated carbocycles. The van der Waals surface area contributed by atoms with Crippen LogP contribution in [0.2, 0.25) is 0 Å². The van der Waals surface area contributed by atoms with Crippen LogP contribution < -0.4 is 15.3 Å². The smallest absolute Gasteiger partial charge is 0.855 e. The first-order valence-electron chi connectivity index (χ1n) is 2.99. The topological polar surface area (TPSA) is 69.2 Å². The largest absolute Gasteiger partial charge is 3.00 e. The fourth-order valence-corrected chi connectivity index (χ4v) is 0. The van der Waals surface area contributed by atoms with Gasteiger partial charge in [-0.15, -0.1) is 19.8 Å². The summed E-state index contributed by atoms with van der Waals surface area (Å²) >= 11 is 0. The normalized spacial score (nSPS) is 5.40. The van der Waals surface area contributed by atoms with Crippen LogP contribution in [0.15, 0.2) is 0 Å². The summed E-state index contributed by atoms with van der Waals surface area (Å²) in [5.41, 5.74) is 0. The maximum absolute atomic E-state index is 8.93. The van der Waals surface area contributed by atoms with Crippen molar-refractivity contribution in [2.45, 2.75) is 20.8 Å². The zero-order valence-corrected chi connectivity index (χ0v) is 8.69. The van der Waals surface area contributed by atoms with Gasteiger partial charge in [0.25, 0.3) is 0 Å². The summed E-state index contributed by atoms with van der Waals surface area (Å²) in [5.74, 6) is 0. The van der Waals surface area contributed by atoms with E-state index in [1.807, 2.05) is 0 Å². The molecule has 67 valence electrons. The average Bonchev–Trinajstić information content (AvgIpc) is 1.70. The van der Waals surface area contributed by atoms with Crippen LogP contribution in [0.3, 0.4) is 0 Å². The molecule has 0 fully saturated rings. The van der Waals surface area contributed by atoms with Crippen molar-refractivity contribution in [1.82, 2.24) is 0 Å². The summed E-state index contributed by atoms with van der Waals surface area (Å²) in [6.07, 6.45) is 0. The zero-order valence-electron chi connectivity index (χ0n) is 6.66. The minimum atomic E-state index is 0. The van der Waals surface area contributed by atoms with Crippen LogP contribution in [0, 0.1) is 38.2 Å². The predicted octanol–water partition coefficient (Wildman–Crippen LogP) is -1.90. The monoisotopic (exact) mass is 299 g/mol. The molecule has 3 nitrogen and oxygen atoms in total. The van der Waals surface area contributed by atoms with Crippen molar-refractivity contribution in [3.05, 3.63) is 0 Å². The molecule has 0 aliphatic carbocycles. The molecule has 0 atom stereocenters. The van der Waals surface area contributed by atoms with Gasteiger partial charge in [-0.2, -0.15) is 0 Å². The first-order chi connectivity index (χ1) is 4.24. The van der Waals surface area contributed by atoms with Gasteiger partial charge in [-0.3, -0.25) is 0 Å². The van der Waals surface area contributed by atoms with Crippen molar-refractivity contribution in [2.24, 2.45) is 0 Å². The molecule has 0 spiro atoms. The second kappa shape index (κ2) is 49.3. The standard InChI is InChI=1S/3C2H5O.Dy/c3*1-2-3;/h3*2H2,1H3;/q3*-1;+3. The summed E-state index contributed by atoms with van der Waals surface area (Å²) in [7, 11) is 0. The Labute approximate surface area is 93.5 Å². The molecule has 1 radical (unpaired) electrons. The Morgan fingerprint density at radius 1 is 0.700 bits per heavy atom. The van der Waals surface area contributed by atoms with E-state index in [1.54, 1.807) is 20.8 Å². The molecule has 0 saturated heterocycles. The van der Waals surface area contributed by atoms with Crippen LogP contribution in [0.5, 0.6) is 0 Å². The molecule has 0 aliphatic heterocycles. The van der Waals surface area contributed by atoms with Gasteiger partial charge in [0.2, 0.25) is 0 Å². The average molecular weight is 298 g/mol. The van der Waals surface area contributed by atoms with E-state index in [0.29, 0.717) is 0 Å². The number of hydrogen-bond acceptors (Lipinski definition) is 3. The summed E-state index contributed by atoms with van der Waals surface area (Å²) in [5, 5.41) is 26.8. The molecule has 0 aromatic heterocycles. The Morgan fingerprint density at radius 3 is 0.700 bits per heavy atom. The van der Waals surface area contributed by atoms with Crippen LogP contribution in [0.4, 0.5) is 0 Å². The van der Waals surface area contributed by atoms with Gasteiger partial charge < -0.3 is 15.3 Å². The number of hydrogen-bond donors (Lipinski definition) is 0. The Hall–Kier alpha value is 1.15. The van der Waals surface area contributed by atoms with Crippen LogP contribution in [-0.4, -0.2) is 19.8 Å². The van der Waals surface area contributed by atoms with E-state index in [4.69, 9.17) is 15.3 Å². The Balaban J connectivity index is -0.0000000257. The molecule has 0 aromatic carbocycles. The Kier molecular flexibility index (Phi) is 111. The predicted molar refractivity (Wildman–Crippen MR) is 31.6 cm³/mol. The SMILES string of the molecule is CC[O-].CC[O-].CC[O-].[Dy+3]. The van der Waals surface area contributed by atoms with E-state index in [2.05, 4.69) is 0 Å². The van der Waals surface area contributed by atoms with Gasteiger partial charge >= 0.3 is 38.2 Å². The third-order valence-corrected chi connectivity index (χ3v) is 0. The van der Waals surface area contributed by atoms with Crippen molar-refractivity contribution in [3.8, 4) is 0 Å². The fourth-order valence-electron chi connectivity index (χ4n) is 0. The van der Waals surface area contributed by atoms with Crippen LogP contribution in [0.25, 0.3) is 0 Å². The second-order valence-electron chi connectivity index (χ2n) is 0.866. The maximum Gasteiger partial charge on any atom is 3.00 e. The summed E-state index contributed by atoms with van der Waals surface area (Å²) in [4.78, 5) is 0. The Morgan fingerprint density at radius 2 is 0.700 bits per heavy atom. The molecular weight excluding hydrogens is 283 g/mol. The second-order valence-corrected chi connectivity index (χ2v) is 0.866. The third kappa shape index (κ3) is 458. The molecular formula is C6H15DyO3. The Bertz CT molecular complexity index is 17.7. The number of rotatable bonds is 0. The van der Waals surface area contributed by atoms with Gasteiger partial charge in [-0.1, -0.05) is 20.8 Å². The van der Waals surface area contributed by atoms with Gasteiger partial charge in [-0.05, 0) is 0 Å². The molecule has 0 heterocycles. The maximum atomic E-state index is 8.93. The molecule has 0 rings (SSSR count). The summed E-state index contributed by atoms with van der Waals surface area (Å²) in [6, 6.07) is 0. The van der Waals surface area contributed by atoms with E-state index in [-0.39, 0.29) is 58.0 Å². The first kappa shape index (κ1) is 22.5. The van der Waals surface area contributed by atoms with E-state index in [1.165, 1.54) is 0 Å². The van der Waals surface area contributed by atoms with Gasteiger partial charge in [0.1, 0.15) is 0 Å². The minimum absolute atomic E-state index is 0. The first-order valence-corrected chi connectivity index (χ1v) is 2.99. The van der Waals surface area contributed by atoms with E-state index < -0.39 is 0 Å². The van der Waals surface area contributed by atoms with Crippen LogP contribution >= 0.6 is 0 Å². The van der Waals surface area contributed by atoms with Crippen LogP contribution in [-0.2, 0) is 0 Å². The van der Waals surface area contributed by atoms with Gasteiger partial charge in [0.05, 0.1) is 0 Å². The molecule has 0 aliphatic rings. The molecule has 4 heteroatoms. The van der Waals surface area contributed by atoms with E-state index >= 15 is 0 Å². The van der Waals surface area contributed by atoms with E-state index in [0.717, 1.165) is 0 Å². The van der Waals surface area contributed by atoms with Crippen molar-refractivity contribution >= 4 is 0 Å². The van der Waals surface area contributed by atoms with Crippen molar-refractivity contribution < 1.29 is 53.5 Å². The molecule has 10 heavy (non-hydrogen) atoms. The van der Waals surface area contributed by atoms with Crippen molar-refractivity contribution in [1.29, 1.82) is 0 Å². The van der Waals surface area contributed by atoms with Crippen LogP contribution in [0.1, 0.15) is 20.8 Å². The van der Waals surface area contributed by atoms with Crippen molar-refractivity contribution in [3.63, 3.8) is 0 Å². The fraction of sp³-hybridized carbons (Fsp3) is 1.00. The molecule has 0 unspecified atom stereocenters. The van der Waals surface area contributed by atoms with Crippen molar-refractivity contribution in [2.75, 3.05) is 19.8 Å². The third-order valence-electron chi connectivity index (χ3n) is 0. The summed E-state index contributed by atoms with van der Waals surface area (Å²) in [6.45, 7) is 4.71. The van der Waals surface area contributed by atoms with E-state index in [9.17, 15) is 0 Å². The zero-order chi connectivity index (χ0) is 8.12.